The molecular weight excluding hydrogens is 418 g/mol. The number of nitrogen functional groups attached to an aromatic ring is 1. The third-order valence-electron chi connectivity index (χ3n) is 5.24. The highest BCUT2D eigenvalue weighted by Crippen LogP contribution is 2.37. The van der Waals surface area contributed by atoms with E-state index in [2.05, 4.69) is 30.6 Å². The SMILES string of the molecule is CN=NC(=NN)c1c(N)nc[nH+]c1NC(C)c1cc2cccc(Cl)c2c(=O)n1C1CC1. The van der Waals surface area contributed by atoms with E-state index < -0.39 is 0 Å². The lowest BCUT2D eigenvalue weighted by Gasteiger charge is -2.20. The largest absolute Gasteiger partial charge is 0.369 e. The molecule has 1 aliphatic rings. The van der Waals surface area contributed by atoms with E-state index in [1.807, 2.05) is 29.7 Å². The molecule has 31 heavy (non-hydrogen) atoms. The molecule has 0 saturated heterocycles. The van der Waals surface area contributed by atoms with Crippen LogP contribution in [-0.4, -0.2) is 22.4 Å². The molecule has 0 bridgehead atoms. The third-order valence-corrected chi connectivity index (χ3v) is 5.55. The summed E-state index contributed by atoms with van der Waals surface area (Å²) in [7, 11) is 1.51. The van der Waals surface area contributed by atoms with Crippen LogP contribution in [-0.2, 0) is 0 Å². The minimum Gasteiger partial charge on any atom is -0.369 e. The Kier molecular flexibility index (Phi) is 5.55. The Hall–Kier alpha value is -3.53. The van der Waals surface area contributed by atoms with E-state index in [-0.39, 0.29) is 29.3 Å². The minimum absolute atomic E-state index is 0.0864. The smallest absolute Gasteiger partial charge is 0.260 e. The van der Waals surface area contributed by atoms with Gasteiger partial charge in [0.25, 0.3) is 5.56 Å². The van der Waals surface area contributed by atoms with Crippen molar-refractivity contribution in [3.63, 3.8) is 0 Å². The van der Waals surface area contributed by atoms with Gasteiger partial charge in [-0.3, -0.25) is 10.1 Å². The number of anilines is 2. The van der Waals surface area contributed by atoms with Crippen LogP contribution in [0.15, 0.2) is 50.7 Å². The van der Waals surface area contributed by atoms with Crippen molar-refractivity contribution >= 4 is 39.8 Å². The van der Waals surface area contributed by atoms with Crippen molar-refractivity contribution in [3.8, 4) is 0 Å². The van der Waals surface area contributed by atoms with E-state index in [1.54, 1.807) is 6.07 Å². The summed E-state index contributed by atoms with van der Waals surface area (Å²) in [6.07, 6.45) is 3.37. The van der Waals surface area contributed by atoms with Gasteiger partial charge < -0.3 is 16.1 Å². The van der Waals surface area contributed by atoms with E-state index in [0.717, 1.165) is 23.9 Å². The van der Waals surface area contributed by atoms with Gasteiger partial charge in [0.05, 0.1) is 16.1 Å². The van der Waals surface area contributed by atoms with Gasteiger partial charge in [0.2, 0.25) is 23.8 Å². The predicted molar refractivity (Wildman–Crippen MR) is 120 cm³/mol. The van der Waals surface area contributed by atoms with Crippen LogP contribution in [0.2, 0.25) is 5.02 Å². The molecule has 10 nitrogen and oxygen atoms in total. The molecule has 0 spiro atoms. The van der Waals surface area contributed by atoms with E-state index in [1.165, 1.54) is 13.4 Å². The number of H-pyrrole nitrogens is 1. The zero-order valence-electron chi connectivity index (χ0n) is 17.1. The fraction of sp³-hybridized carbons (Fsp3) is 0.300. The Balaban J connectivity index is 1.82. The number of aromatic nitrogens is 3. The highest BCUT2D eigenvalue weighted by Gasteiger charge is 2.31. The predicted octanol–water partition coefficient (Wildman–Crippen LogP) is 2.66. The van der Waals surface area contributed by atoms with Crippen molar-refractivity contribution in [2.24, 2.45) is 21.2 Å². The average Bonchev–Trinajstić information content (AvgIpc) is 3.57. The molecule has 1 saturated carbocycles. The molecule has 11 heteroatoms. The quantitative estimate of drug-likeness (QED) is 0.183. The number of benzene rings is 1. The van der Waals surface area contributed by atoms with Crippen molar-refractivity contribution in [1.82, 2.24) is 9.55 Å². The summed E-state index contributed by atoms with van der Waals surface area (Å²) >= 11 is 6.34. The number of hydrazone groups is 1. The molecule has 4 rings (SSSR count). The first-order valence-corrected chi connectivity index (χ1v) is 10.2. The number of halogens is 1. The van der Waals surface area contributed by atoms with E-state index in [9.17, 15) is 4.79 Å². The van der Waals surface area contributed by atoms with Crippen LogP contribution in [0.5, 0.6) is 0 Å². The number of nitrogens with zero attached hydrogens (tertiary/aromatic N) is 5. The van der Waals surface area contributed by atoms with Gasteiger partial charge in [-0.2, -0.15) is 10.2 Å². The maximum atomic E-state index is 13.3. The summed E-state index contributed by atoms with van der Waals surface area (Å²) in [5.74, 6) is 6.32. The lowest BCUT2D eigenvalue weighted by atomic mass is 10.1. The second-order valence-electron chi connectivity index (χ2n) is 7.34. The van der Waals surface area contributed by atoms with Gasteiger partial charge in [-0.15, -0.1) is 5.11 Å². The van der Waals surface area contributed by atoms with Crippen LogP contribution in [0.4, 0.5) is 11.6 Å². The number of rotatable bonds is 5. The molecular formula is C20H23ClN9O+. The molecule has 160 valence electrons. The monoisotopic (exact) mass is 440 g/mol. The van der Waals surface area contributed by atoms with Crippen LogP contribution in [0.25, 0.3) is 10.8 Å². The summed E-state index contributed by atoms with van der Waals surface area (Å²) in [5.41, 5.74) is 7.21. The Labute approximate surface area is 183 Å². The molecule has 1 atom stereocenters. The maximum absolute atomic E-state index is 13.3. The van der Waals surface area contributed by atoms with Crippen molar-refractivity contribution in [3.05, 3.63) is 57.2 Å². The molecule has 6 N–H and O–H groups in total. The first-order valence-electron chi connectivity index (χ1n) is 9.80. The summed E-state index contributed by atoms with van der Waals surface area (Å²) < 4.78 is 1.83. The highest BCUT2D eigenvalue weighted by atomic mass is 35.5. The lowest BCUT2D eigenvalue weighted by Crippen LogP contribution is -2.28. The fourth-order valence-corrected chi connectivity index (χ4v) is 3.96. The van der Waals surface area contributed by atoms with Crippen LogP contribution >= 0.6 is 11.6 Å². The van der Waals surface area contributed by atoms with Crippen molar-refractivity contribution in [2.45, 2.75) is 31.8 Å². The third kappa shape index (κ3) is 3.81. The second-order valence-corrected chi connectivity index (χ2v) is 7.74. The molecule has 0 radical (unpaired) electrons. The van der Waals surface area contributed by atoms with E-state index in [4.69, 9.17) is 23.2 Å². The Bertz CT molecular complexity index is 1260. The number of hydrogen-bond donors (Lipinski definition) is 3. The van der Waals surface area contributed by atoms with Crippen LogP contribution < -0.4 is 27.4 Å². The van der Waals surface area contributed by atoms with E-state index in [0.29, 0.717) is 21.8 Å². The van der Waals surface area contributed by atoms with Crippen molar-refractivity contribution < 1.29 is 4.98 Å². The van der Waals surface area contributed by atoms with Gasteiger partial charge in [0.1, 0.15) is 6.04 Å². The van der Waals surface area contributed by atoms with Crippen LogP contribution in [0.3, 0.4) is 0 Å². The van der Waals surface area contributed by atoms with E-state index >= 15 is 0 Å². The Morgan fingerprint density at radius 1 is 1.42 bits per heavy atom. The second kappa shape index (κ2) is 8.31. The normalized spacial score (nSPS) is 15.5. The van der Waals surface area contributed by atoms with Gasteiger partial charge in [-0.1, -0.05) is 28.7 Å². The highest BCUT2D eigenvalue weighted by molar-refractivity contribution is 6.35. The molecule has 1 fully saturated rings. The number of aromatic amines is 1. The molecule has 2 aromatic heterocycles. The number of nitrogens with two attached hydrogens (primary N) is 2. The first kappa shape index (κ1) is 20.7. The Morgan fingerprint density at radius 3 is 2.87 bits per heavy atom. The van der Waals surface area contributed by atoms with Crippen LogP contribution in [0, 0.1) is 0 Å². The zero-order valence-corrected chi connectivity index (χ0v) is 17.9. The minimum atomic E-state index is -0.272. The summed E-state index contributed by atoms with van der Waals surface area (Å²) in [6.45, 7) is 1.96. The number of pyridine rings is 1. The lowest BCUT2D eigenvalue weighted by molar-refractivity contribution is -0.366. The Morgan fingerprint density at radius 2 is 2.19 bits per heavy atom. The average molecular weight is 441 g/mol. The fourth-order valence-electron chi connectivity index (χ4n) is 3.69. The number of fused-ring (bicyclic) bond motifs is 1. The summed E-state index contributed by atoms with van der Waals surface area (Å²) in [4.78, 5) is 20.4. The molecule has 2 heterocycles. The topological polar surface area (TPSA) is 150 Å². The molecule has 0 amide bonds. The molecule has 1 aromatic carbocycles. The molecule has 1 aliphatic carbocycles. The van der Waals surface area contributed by atoms with Crippen molar-refractivity contribution in [2.75, 3.05) is 18.1 Å². The number of nitrogens with one attached hydrogen (secondary N) is 2. The molecule has 3 aromatic rings. The summed E-state index contributed by atoms with van der Waals surface area (Å²) in [6, 6.07) is 7.34. The number of amidine groups is 1. The van der Waals surface area contributed by atoms with Crippen LogP contribution in [0.1, 0.15) is 43.1 Å². The maximum Gasteiger partial charge on any atom is 0.260 e. The standard InChI is InChI=1S/C20H22ClN9O/c1-10(27-18-16(17(22)25-9-26-18)19(28-23)29-24-2)14-8-11-4-3-5-13(21)15(11)20(31)30(14)12-6-7-12/h3-5,8-10,12H,6-7,23H2,1-2H3,(H3,22,25,26,27)/p+1. The van der Waals surface area contributed by atoms with Gasteiger partial charge in [0.15, 0.2) is 5.56 Å². The van der Waals surface area contributed by atoms with Gasteiger partial charge in [0, 0.05) is 13.1 Å². The zero-order chi connectivity index (χ0) is 22.1. The first-order chi connectivity index (χ1) is 15.0. The van der Waals surface area contributed by atoms with Gasteiger partial charge in [-0.25, -0.2) is 4.98 Å². The van der Waals surface area contributed by atoms with Gasteiger partial charge in [-0.05, 0) is 37.3 Å². The summed E-state index contributed by atoms with van der Waals surface area (Å²) in [5, 5.41) is 16.5. The van der Waals surface area contributed by atoms with Gasteiger partial charge >= 0.3 is 0 Å². The number of azo groups is 1. The van der Waals surface area contributed by atoms with Crippen molar-refractivity contribution in [1.29, 1.82) is 0 Å². The number of hydrogen-bond acceptors (Lipinski definition) is 7. The molecule has 0 aliphatic heterocycles. The molecule has 1 unspecified atom stereocenters.